The molecule has 0 radical (unpaired) electrons. The van der Waals surface area contributed by atoms with Gasteiger partial charge < -0.3 is 5.32 Å². The van der Waals surface area contributed by atoms with E-state index in [1.165, 1.54) is 30.0 Å². The lowest BCUT2D eigenvalue weighted by molar-refractivity contribution is -0.385. The molecule has 0 aliphatic carbocycles. The molecule has 1 aliphatic heterocycles. The molecule has 1 amide bonds. The Labute approximate surface area is 108 Å². The van der Waals surface area contributed by atoms with Gasteiger partial charge in [-0.05, 0) is 6.07 Å². The van der Waals surface area contributed by atoms with Crippen LogP contribution in [0.5, 0.6) is 0 Å². The Kier molecular flexibility index (Phi) is 3.61. The first-order chi connectivity index (χ1) is 8.58. The molecule has 1 aromatic carbocycles. The van der Waals surface area contributed by atoms with E-state index in [2.05, 4.69) is 10.3 Å². The van der Waals surface area contributed by atoms with Crippen molar-refractivity contribution in [2.24, 2.45) is 4.99 Å². The number of aliphatic imine (C=N–C) groups is 1. The smallest absolute Gasteiger partial charge is 0.282 e. The number of nitrogens with zero attached hydrogens (tertiary/aromatic N) is 2. The quantitative estimate of drug-likeness (QED) is 0.653. The number of hydrogen-bond donors (Lipinski definition) is 1. The fourth-order valence-corrected chi connectivity index (χ4v) is 2.37. The van der Waals surface area contributed by atoms with Crippen LogP contribution < -0.4 is 5.32 Å². The first kappa shape index (κ1) is 12.6. The number of nitrogens with one attached hydrogen (secondary N) is 1. The maximum atomic E-state index is 11.9. The van der Waals surface area contributed by atoms with Crippen molar-refractivity contribution in [1.82, 2.24) is 5.32 Å². The summed E-state index contributed by atoms with van der Waals surface area (Å²) in [7, 11) is 0. The second-order valence-electron chi connectivity index (χ2n) is 3.80. The van der Waals surface area contributed by atoms with E-state index in [0.29, 0.717) is 17.0 Å². The summed E-state index contributed by atoms with van der Waals surface area (Å²) in [5.74, 6) is -0.498. The van der Waals surface area contributed by atoms with Gasteiger partial charge in [-0.2, -0.15) is 0 Å². The Morgan fingerprint density at radius 2 is 2.28 bits per heavy atom. The number of rotatable bonds is 2. The zero-order valence-corrected chi connectivity index (χ0v) is 10.4. The summed E-state index contributed by atoms with van der Waals surface area (Å²) in [5.41, 5.74) is -0.156. The van der Waals surface area contributed by atoms with Crippen LogP contribution in [0.15, 0.2) is 29.3 Å². The maximum absolute atomic E-state index is 11.9. The minimum absolute atomic E-state index is 0.0466. The van der Waals surface area contributed by atoms with Crippen LogP contribution in [0.4, 0.5) is 5.69 Å². The van der Waals surface area contributed by atoms with Crippen LogP contribution in [0.3, 0.4) is 0 Å². The highest BCUT2D eigenvalue weighted by atomic mass is 32.2. The zero-order chi connectivity index (χ0) is 13.1. The summed E-state index contributed by atoms with van der Waals surface area (Å²) < 4.78 is 0. The van der Waals surface area contributed by atoms with Crippen molar-refractivity contribution in [1.29, 1.82) is 0 Å². The second kappa shape index (κ2) is 5.18. The number of nitro groups is 1. The molecule has 1 N–H and O–H groups in total. The van der Waals surface area contributed by atoms with E-state index in [1.54, 1.807) is 6.07 Å². The molecular weight excluding hydrogens is 254 g/mol. The summed E-state index contributed by atoms with van der Waals surface area (Å²) in [6.07, 6.45) is 0. The molecule has 0 spiro atoms. The standard InChI is InChI=1S/C11H11N3O3S/c1-7-6-12-11(18-7)13-10(15)8-4-2-3-5-9(8)14(16)17/h2-5,7H,6H2,1H3,(H,12,13,15). The summed E-state index contributed by atoms with van der Waals surface area (Å²) >= 11 is 1.45. The summed E-state index contributed by atoms with van der Waals surface area (Å²) in [6.45, 7) is 2.65. The van der Waals surface area contributed by atoms with E-state index in [9.17, 15) is 14.9 Å². The predicted molar refractivity (Wildman–Crippen MR) is 69.9 cm³/mol. The van der Waals surface area contributed by atoms with Gasteiger partial charge in [-0.3, -0.25) is 19.9 Å². The largest absolute Gasteiger partial charge is 0.301 e. The van der Waals surface area contributed by atoms with Crippen molar-refractivity contribution >= 4 is 28.5 Å². The first-order valence-corrected chi connectivity index (χ1v) is 6.22. The average molecular weight is 265 g/mol. The molecular formula is C11H11N3O3S. The number of carbonyl (C=O) groups excluding carboxylic acids is 1. The lowest BCUT2D eigenvalue weighted by atomic mass is 10.1. The molecule has 1 aliphatic rings. The van der Waals surface area contributed by atoms with Gasteiger partial charge in [0, 0.05) is 11.3 Å². The molecule has 18 heavy (non-hydrogen) atoms. The van der Waals surface area contributed by atoms with Crippen LogP contribution in [0, 0.1) is 10.1 Å². The van der Waals surface area contributed by atoms with E-state index in [4.69, 9.17) is 0 Å². The fourth-order valence-electron chi connectivity index (χ4n) is 1.53. The third kappa shape index (κ3) is 2.67. The number of benzene rings is 1. The van der Waals surface area contributed by atoms with Crippen LogP contribution in [-0.4, -0.2) is 27.8 Å². The van der Waals surface area contributed by atoms with Crippen molar-refractivity contribution in [3.8, 4) is 0 Å². The van der Waals surface area contributed by atoms with Crippen molar-refractivity contribution in [3.63, 3.8) is 0 Å². The number of nitro benzene ring substituents is 1. The summed E-state index contributed by atoms with van der Waals surface area (Å²) in [4.78, 5) is 26.3. The van der Waals surface area contributed by atoms with Crippen molar-refractivity contribution in [2.45, 2.75) is 12.2 Å². The molecule has 0 saturated heterocycles. The number of thioether (sulfide) groups is 1. The Morgan fingerprint density at radius 1 is 1.56 bits per heavy atom. The highest BCUT2D eigenvalue weighted by molar-refractivity contribution is 8.14. The molecule has 6 nitrogen and oxygen atoms in total. The number of para-hydroxylation sites is 1. The number of amidine groups is 1. The number of amides is 1. The lowest BCUT2D eigenvalue weighted by Gasteiger charge is -2.05. The third-order valence-electron chi connectivity index (χ3n) is 2.37. The fraction of sp³-hybridized carbons (Fsp3) is 0.273. The summed E-state index contributed by atoms with van der Waals surface area (Å²) in [5, 5.41) is 14.2. The molecule has 1 atom stereocenters. The van der Waals surface area contributed by atoms with Crippen LogP contribution in [0.2, 0.25) is 0 Å². The Bertz CT molecular complexity index is 530. The van der Waals surface area contributed by atoms with Crippen molar-refractivity contribution < 1.29 is 9.72 Å². The predicted octanol–water partition coefficient (Wildman–Crippen LogP) is 1.82. The topological polar surface area (TPSA) is 84.6 Å². The monoisotopic (exact) mass is 265 g/mol. The highest BCUT2D eigenvalue weighted by Gasteiger charge is 2.22. The maximum Gasteiger partial charge on any atom is 0.282 e. The second-order valence-corrected chi connectivity index (χ2v) is 5.23. The molecule has 2 rings (SSSR count). The molecule has 1 unspecified atom stereocenters. The average Bonchev–Trinajstić information content (AvgIpc) is 2.74. The van der Waals surface area contributed by atoms with Crippen LogP contribution in [-0.2, 0) is 0 Å². The zero-order valence-electron chi connectivity index (χ0n) is 9.62. The normalized spacial score (nSPS) is 18.3. The van der Waals surface area contributed by atoms with Crippen molar-refractivity contribution in [2.75, 3.05) is 6.54 Å². The van der Waals surface area contributed by atoms with Gasteiger partial charge in [0.05, 0.1) is 11.5 Å². The first-order valence-electron chi connectivity index (χ1n) is 5.34. The Balaban J connectivity index is 2.17. The Hall–Kier alpha value is -1.89. The van der Waals surface area contributed by atoms with Crippen LogP contribution >= 0.6 is 11.8 Å². The van der Waals surface area contributed by atoms with E-state index in [-0.39, 0.29) is 11.3 Å². The van der Waals surface area contributed by atoms with Gasteiger partial charge >= 0.3 is 0 Å². The van der Waals surface area contributed by atoms with E-state index < -0.39 is 10.8 Å². The van der Waals surface area contributed by atoms with Gasteiger partial charge in [0.15, 0.2) is 5.17 Å². The van der Waals surface area contributed by atoms with E-state index in [0.717, 1.165) is 0 Å². The third-order valence-corrected chi connectivity index (χ3v) is 3.38. The summed E-state index contributed by atoms with van der Waals surface area (Å²) in [6, 6.07) is 5.85. The molecule has 1 heterocycles. The lowest BCUT2D eigenvalue weighted by Crippen LogP contribution is -2.28. The number of carbonyl (C=O) groups is 1. The van der Waals surface area contributed by atoms with Gasteiger partial charge in [0.1, 0.15) is 5.56 Å². The van der Waals surface area contributed by atoms with Gasteiger partial charge in [0.2, 0.25) is 0 Å². The molecule has 7 heteroatoms. The molecule has 0 fully saturated rings. The van der Waals surface area contributed by atoms with Crippen LogP contribution in [0.1, 0.15) is 17.3 Å². The van der Waals surface area contributed by atoms with Crippen LogP contribution in [0.25, 0.3) is 0 Å². The molecule has 0 saturated carbocycles. The minimum atomic E-state index is -0.568. The molecule has 0 bridgehead atoms. The highest BCUT2D eigenvalue weighted by Crippen LogP contribution is 2.21. The minimum Gasteiger partial charge on any atom is -0.301 e. The molecule has 0 aromatic heterocycles. The molecule has 1 aromatic rings. The number of hydrogen-bond acceptors (Lipinski definition) is 5. The molecule has 94 valence electrons. The van der Waals surface area contributed by atoms with Gasteiger partial charge in [-0.1, -0.05) is 30.8 Å². The van der Waals surface area contributed by atoms with Crippen molar-refractivity contribution in [3.05, 3.63) is 39.9 Å². The van der Waals surface area contributed by atoms with Gasteiger partial charge in [-0.15, -0.1) is 0 Å². The van der Waals surface area contributed by atoms with Gasteiger partial charge in [-0.25, -0.2) is 0 Å². The van der Waals surface area contributed by atoms with Gasteiger partial charge in [0.25, 0.3) is 11.6 Å². The van der Waals surface area contributed by atoms with E-state index in [1.807, 2.05) is 6.92 Å². The Morgan fingerprint density at radius 3 is 2.89 bits per heavy atom. The van der Waals surface area contributed by atoms with E-state index >= 15 is 0 Å². The SMILES string of the molecule is CC1CN=C(NC(=O)c2ccccc2[N+](=O)[O-])S1.